The number of nitrogens with one attached hydrogen (secondary N) is 1. The third-order valence-electron chi connectivity index (χ3n) is 2.68. The molecule has 1 saturated heterocycles. The van der Waals surface area contributed by atoms with Crippen molar-refractivity contribution in [2.75, 3.05) is 6.61 Å². The maximum absolute atomic E-state index is 11.6. The zero-order chi connectivity index (χ0) is 13.1. The van der Waals surface area contributed by atoms with Crippen molar-refractivity contribution in [2.45, 2.75) is 64.4 Å². The minimum atomic E-state index is -0.490. The van der Waals surface area contributed by atoms with Crippen LogP contribution in [-0.4, -0.2) is 41.7 Å². The number of amides is 1. The first kappa shape index (κ1) is 14.3. The van der Waals surface area contributed by atoms with Gasteiger partial charge in [0.05, 0.1) is 24.9 Å². The Labute approximate surface area is 102 Å². The van der Waals surface area contributed by atoms with Gasteiger partial charge in [-0.15, -0.1) is 0 Å². The normalized spacial score (nSPS) is 29.8. The van der Waals surface area contributed by atoms with Crippen LogP contribution in [0, 0.1) is 0 Å². The van der Waals surface area contributed by atoms with E-state index in [0.29, 0.717) is 0 Å². The number of ether oxygens (including phenoxy) is 2. The highest BCUT2D eigenvalue weighted by Gasteiger charge is 2.30. The van der Waals surface area contributed by atoms with Crippen LogP contribution in [0.15, 0.2) is 0 Å². The molecule has 1 heterocycles. The predicted molar refractivity (Wildman–Crippen MR) is 63.8 cm³/mol. The molecule has 1 aliphatic rings. The number of hydrogen-bond donors (Lipinski definition) is 2. The van der Waals surface area contributed by atoms with Crippen molar-refractivity contribution in [3.63, 3.8) is 0 Å². The van der Waals surface area contributed by atoms with Crippen LogP contribution in [0.3, 0.4) is 0 Å². The van der Waals surface area contributed by atoms with Crippen LogP contribution in [0.25, 0.3) is 0 Å². The van der Waals surface area contributed by atoms with Gasteiger partial charge < -0.3 is 19.9 Å². The highest BCUT2D eigenvalue weighted by Crippen LogP contribution is 2.19. The van der Waals surface area contributed by atoms with Gasteiger partial charge in [0.2, 0.25) is 0 Å². The second-order valence-electron chi connectivity index (χ2n) is 5.48. The first-order chi connectivity index (χ1) is 7.81. The summed E-state index contributed by atoms with van der Waals surface area (Å²) in [4.78, 5) is 11.6. The minimum Gasteiger partial charge on any atom is -0.444 e. The number of rotatable bonds is 2. The van der Waals surface area contributed by atoms with Gasteiger partial charge in [-0.3, -0.25) is 0 Å². The summed E-state index contributed by atoms with van der Waals surface area (Å²) < 4.78 is 10.7. The van der Waals surface area contributed by atoms with Crippen molar-refractivity contribution in [2.24, 2.45) is 0 Å². The average Bonchev–Trinajstić information content (AvgIpc) is 2.18. The van der Waals surface area contributed by atoms with E-state index in [1.807, 2.05) is 27.7 Å². The van der Waals surface area contributed by atoms with Crippen molar-refractivity contribution in [1.29, 1.82) is 0 Å². The van der Waals surface area contributed by atoms with Gasteiger partial charge in [0.1, 0.15) is 5.60 Å². The van der Waals surface area contributed by atoms with E-state index >= 15 is 0 Å². The van der Waals surface area contributed by atoms with Gasteiger partial charge in [-0.25, -0.2) is 4.79 Å². The second-order valence-corrected chi connectivity index (χ2v) is 5.48. The Kier molecular flexibility index (Phi) is 4.77. The average molecular weight is 245 g/mol. The fourth-order valence-electron chi connectivity index (χ4n) is 1.85. The van der Waals surface area contributed by atoms with E-state index < -0.39 is 11.7 Å². The Balaban J connectivity index is 2.40. The van der Waals surface area contributed by atoms with Gasteiger partial charge in [-0.05, 0) is 40.5 Å². The van der Waals surface area contributed by atoms with E-state index in [-0.39, 0.29) is 24.9 Å². The Hall–Kier alpha value is -0.810. The molecule has 1 fully saturated rings. The number of carbonyl (C=O) groups excluding carboxylic acids is 1. The highest BCUT2D eigenvalue weighted by atomic mass is 16.6. The molecular weight excluding hydrogens is 222 g/mol. The molecule has 1 rings (SSSR count). The zero-order valence-corrected chi connectivity index (χ0v) is 11.0. The minimum absolute atomic E-state index is 0.0312. The van der Waals surface area contributed by atoms with Crippen LogP contribution in [-0.2, 0) is 9.47 Å². The number of aliphatic hydroxyl groups is 1. The molecule has 0 aromatic heterocycles. The third kappa shape index (κ3) is 4.91. The molecule has 0 aromatic rings. The first-order valence-corrected chi connectivity index (χ1v) is 6.07. The van der Waals surface area contributed by atoms with Gasteiger partial charge in [0, 0.05) is 0 Å². The molecule has 5 nitrogen and oxygen atoms in total. The Bertz CT molecular complexity index is 262. The summed E-state index contributed by atoms with van der Waals surface area (Å²) in [6.07, 6.45) is 0.919. The van der Waals surface area contributed by atoms with Gasteiger partial charge in [-0.2, -0.15) is 0 Å². The summed E-state index contributed by atoms with van der Waals surface area (Å²) in [5.74, 6) is 0. The Morgan fingerprint density at radius 1 is 1.47 bits per heavy atom. The molecule has 3 unspecified atom stereocenters. The molecule has 0 aromatic carbocycles. The lowest BCUT2D eigenvalue weighted by molar-refractivity contribution is -0.0797. The van der Waals surface area contributed by atoms with Crippen LogP contribution in [0.1, 0.15) is 40.5 Å². The second kappa shape index (κ2) is 5.69. The maximum atomic E-state index is 11.6. The quantitative estimate of drug-likeness (QED) is 0.772. The van der Waals surface area contributed by atoms with Gasteiger partial charge in [-0.1, -0.05) is 0 Å². The van der Waals surface area contributed by atoms with Crippen LogP contribution < -0.4 is 5.32 Å². The standard InChI is InChI=1S/C12H23NO4/c1-8-10(6-5-9(7-14)16-8)13-11(15)17-12(2,3)4/h8-10,14H,5-7H2,1-4H3,(H,13,15). The van der Waals surface area contributed by atoms with Crippen LogP contribution >= 0.6 is 0 Å². The number of hydrogen-bond acceptors (Lipinski definition) is 4. The molecule has 1 amide bonds. The van der Waals surface area contributed by atoms with Crippen LogP contribution in [0.4, 0.5) is 4.79 Å². The summed E-state index contributed by atoms with van der Waals surface area (Å²) in [6.45, 7) is 7.41. The lowest BCUT2D eigenvalue weighted by Gasteiger charge is -2.34. The molecule has 1 aliphatic heterocycles. The summed E-state index contributed by atoms with van der Waals surface area (Å²) >= 11 is 0. The molecule has 5 heteroatoms. The molecule has 100 valence electrons. The zero-order valence-electron chi connectivity index (χ0n) is 11.0. The van der Waals surface area contributed by atoms with Crippen LogP contribution in [0.5, 0.6) is 0 Å². The van der Waals surface area contributed by atoms with Gasteiger partial charge in [0.25, 0.3) is 0 Å². The van der Waals surface area contributed by atoms with Gasteiger partial charge >= 0.3 is 6.09 Å². The molecule has 0 radical (unpaired) electrons. The third-order valence-corrected chi connectivity index (χ3v) is 2.68. The summed E-state index contributed by atoms with van der Waals surface area (Å²) in [7, 11) is 0. The topological polar surface area (TPSA) is 67.8 Å². The van der Waals surface area contributed by atoms with E-state index in [1.165, 1.54) is 0 Å². The molecule has 2 N–H and O–H groups in total. The van der Waals surface area contributed by atoms with Crippen molar-refractivity contribution in [1.82, 2.24) is 5.32 Å². The highest BCUT2D eigenvalue weighted by molar-refractivity contribution is 5.68. The summed E-state index contributed by atoms with van der Waals surface area (Å²) in [5.41, 5.74) is -0.490. The van der Waals surface area contributed by atoms with E-state index in [2.05, 4.69) is 5.32 Å². The molecule has 0 spiro atoms. The fraction of sp³-hybridized carbons (Fsp3) is 0.917. The largest absolute Gasteiger partial charge is 0.444 e. The van der Waals surface area contributed by atoms with Crippen LogP contribution in [0.2, 0.25) is 0 Å². The van der Waals surface area contributed by atoms with Crippen molar-refractivity contribution in [3.8, 4) is 0 Å². The SMILES string of the molecule is CC1OC(CO)CCC1NC(=O)OC(C)(C)C. The Morgan fingerprint density at radius 3 is 2.59 bits per heavy atom. The van der Waals surface area contributed by atoms with E-state index in [9.17, 15) is 4.79 Å². The van der Waals surface area contributed by atoms with E-state index in [1.54, 1.807) is 0 Å². The molecule has 0 saturated carbocycles. The van der Waals surface area contributed by atoms with Crippen molar-refractivity contribution in [3.05, 3.63) is 0 Å². The molecule has 17 heavy (non-hydrogen) atoms. The lowest BCUT2D eigenvalue weighted by atomic mass is 10.00. The predicted octanol–water partition coefficient (Wildman–Crippen LogP) is 1.44. The van der Waals surface area contributed by atoms with Crippen molar-refractivity contribution < 1.29 is 19.4 Å². The lowest BCUT2D eigenvalue weighted by Crippen LogP contribution is -2.49. The number of carbonyl (C=O) groups is 1. The van der Waals surface area contributed by atoms with Gasteiger partial charge in [0.15, 0.2) is 0 Å². The van der Waals surface area contributed by atoms with E-state index in [4.69, 9.17) is 14.6 Å². The molecule has 0 bridgehead atoms. The summed E-state index contributed by atoms with van der Waals surface area (Å²) in [5, 5.41) is 11.8. The molecule has 0 aliphatic carbocycles. The summed E-state index contributed by atoms with van der Waals surface area (Å²) in [6, 6.07) is -0.0485. The van der Waals surface area contributed by atoms with Crippen molar-refractivity contribution >= 4 is 6.09 Å². The van der Waals surface area contributed by atoms with E-state index in [0.717, 1.165) is 12.8 Å². The molecule has 3 atom stereocenters. The monoisotopic (exact) mass is 245 g/mol. The smallest absolute Gasteiger partial charge is 0.407 e. The Morgan fingerprint density at radius 2 is 2.12 bits per heavy atom. The number of aliphatic hydroxyl groups excluding tert-OH is 1. The maximum Gasteiger partial charge on any atom is 0.407 e. The number of alkyl carbamates (subject to hydrolysis) is 1. The first-order valence-electron chi connectivity index (χ1n) is 6.07. The molecular formula is C12H23NO4. The fourth-order valence-corrected chi connectivity index (χ4v) is 1.85.